The molecule has 2 aliphatic heterocycles. The molecule has 6 nitrogen and oxygen atoms in total. The number of fused-ring (bicyclic) bond motifs is 1. The Morgan fingerprint density at radius 3 is 2.65 bits per heavy atom. The molecule has 1 atom stereocenters. The molecule has 0 amide bonds. The molecule has 2 aliphatic rings. The van der Waals surface area contributed by atoms with Crippen LogP contribution >= 0.6 is 11.6 Å². The number of nitrogens with zero attached hydrogens (tertiary/aromatic N) is 4. The average molecular weight is 377 g/mol. The summed E-state index contributed by atoms with van der Waals surface area (Å²) in [5.74, 6) is 0. The first-order valence-corrected chi connectivity index (χ1v) is 9.62. The average Bonchev–Trinajstić information content (AvgIpc) is 3.11. The number of aliphatic hydroxyl groups is 2. The van der Waals surface area contributed by atoms with E-state index in [1.165, 1.54) is 0 Å². The second kappa shape index (κ2) is 7.56. The van der Waals surface area contributed by atoms with Crippen LogP contribution in [0.15, 0.2) is 30.3 Å². The van der Waals surface area contributed by atoms with Crippen LogP contribution in [-0.4, -0.2) is 57.2 Å². The molecule has 0 bridgehead atoms. The second-order valence-corrected chi connectivity index (χ2v) is 7.53. The van der Waals surface area contributed by atoms with Crippen LogP contribution in [0.1, 0.15) is 30.3 Å². The van der Waals surface area contributed by atoms with E-state index in [1.807, 2.05) is 28.9 Å². The van der Waals surface area contributed by atoms with Crippen molar-refractivity contribution in [3.05, 3.63) is 46.7 Å². The van der Waals surface area contributed by atoms with E-state index in [1.54, 1.807) is 0 Å². The van der Waals surface area contributed by atoms with Gasteiger partial charge in [0.2, 0.25) is 0 Å². The summed E-state index contributed by atoms with van der Waals surface area (Å²) in [7, 11) is 0. The van der Waals surface area contributed by atoms with E-state index in [0.717, 1.165) is 62.0 Å². The van der Waals surface area contributed by atoms with Gasteiger partial charge in [-0.3, -0.25) is 9.58 Å². The molecule has 1 fully saturated rings. The highest BCUT2D eigenvalue weighted by molar-refractivity contribution is 6.33. The van der Waals surface area contributed by atoms with E-state index in [4.69, 9.17) is 16.7 Å². The topological polar surface area (TPSA) is 64.8 Å². The summed E-state index contributed by atoms with van der Waals surface area (Å²) in [6.07, 6.45) is 1.34. The third-order valence-electron chi connectivity index (χ3n) is 5.53. The molecule has 140 valence electrons. The fourth-order valence-corrected chi connectivity index (χ4v) is 4.31. The Kier molecular flexibility index (Phi) is 5.18. The molecule has 3 heterocycles. The van der Waals surface area contributed by atoms with Crippen molar-refractivity contribution in [3.63, 3.8) is 0 Å². The fraction of sp³-hybridized carbons (Fsp3) is 0.526. The van der Waals surface area contributed by atoms with Gasteiger partial charge in [0.05, 0.1) is 35.2 Å². The molecule has 4 rings (SSSR count). The van der Waals surface area contributed by atoms with Crippen LogP contribution in [-0.2, 0) is 13.1 Å². The zero-order chi connectivity index (χ0) is 18.1. The van der Waals surface area contributed by atoms with Crippen molar-refractivity contribution in [2.45, 2.75) is 38.1 Å². The van der Waals surface area contributed by atoms with Crippen LogP contribution in [0.25, 0.3) is 0 Å². The Bertz CT molecular complexity index is 758. The van der Waals surface area contributed by atoms with Gasteiger partial charge in [-0.05, 0) is 31.0 Å². The molecule has 1 aromatic carbocycles. The predicted octanol–water partition coefficient (Wildman–Crippen LogP) is 2.05. The lowest BCUT2D eigenvalue weighted by Crippen LogP contribution is -2.47. The van der Waals surface area contributed by atoms with Gasteiger partial charge in [0.1, 0.15) is 6.10 Å². The summed E-state index contributed by atoms with van der Waals surface area (Å²) in [6.45, 7) is 4.39. The van der Waals surface area contributed by atoms with Crippen LogP contribution in [0.4, 0.5) is 5.69 Å². The van der Waals surface area contributed by atoms with Gasteiger partial charge in [-0.1, -0.05) is 23.7 Å². The van der Waals surface area contributed by atoms with Crippen molar-refractivity contribution in [2.24, 2.45) is 0 Å². The molecule has 0 radical (unpaired) electrons. The van der Waals surface area contributed by atoms with E-state index in [0.29, 0.717) is 11.7 Å². The summed E-state index contributed by atoms with van der Waals surface area (Å²) in [5.41, 5.74) is 2.82. The lowest BCUT2D eigenvalue weighted by molar-refractivity contribution is 0.0912. The maximum Gasteiger partial charge on any atom is 0.121 e. The molecule has 2 N–H and O–H groups in total. The quantitative estimate of drug-likeness (QED) is 0.855. The van der Waals surface area contributed by atoms with Gasteiger partial charge in [-0.15, -0.1) is 0 Å². The van der Waals surface area contributed by atoms with Gasteiger partial charge in [0.25, 0.3) is 0 Å². The van der Waals surface area contributed by atoms with Gasteiger partial charge in [0.15, 0.2) is 0 Å². The number of hydrogen-bond donors (Lipinski definition) is 2. The number of benzene rings is 1. The normalized spacial score (nSPS) is 20.2. The minimum Gasteiger partial charge on any atom is -0.393 e. The third kappa shape index (κ3) is 3.47. The number of rotatable bonds is 4. The van der Waals surface area contributed by atoms with Crippen LogP contribution in [0.5, 0.6) is 0 Å². The number of aliphatic hydroxyl groups excluding tert-OH is 2. The lowest BCUT2D eigenvalue weighted by Gasteiger charge is -2.41. The zero-order valence-corrected chi connectivity index (χ0v) is 15.5. The van der Waals surface area contributed by atoms with E-state index in [9.17, 15) is 5.11 Å². The largest absolute Gasteiger partial charge is 0.393 e. The highest BCUT2D eigenvalue weighted by Gasteiger charge is 2.29. The highest BCUT2D eigenvalue weighted by Crippen LogP contribution is 2.30. The first kappa shape index (κ1) is 17.8. The summed E-state index contributed by atoms with van der Waals surface area (Å²) >= 11 is 6.34. The molecule has 26 heavy (non-hydrogen) atoms. The maximum atomic E-state index is 9.80. The van der Waals surface area contributed by atoms with Crippen molar-refractivity contribution < 1.29 is 10.2 Å². The second-order valence-electron chi connectivity index (χ2n) is 7.12. The Balaban J connectivity index is 1.38. The Labute approximate surface area is 158 Å². The number of para-hydroxylation sites is 1. The predicted molar refractivity (Wildman–Crippen MR) is 101 cm³/mol. The van der Waals surface area contributed by atoms with Crippen LogP contribution in [0.3, 0.4) is 0 Å². The van der Waals surface area contributed by atoms with Crippen LogP contribution in [0, 0.1) is 0 Å². The first-order valence-electron chi connectivity index (χ1n) is 9.25. The molecule has 7 heteroatoms. The Hall–Kier alpha value is -1.60. The van der Waals surface area contributed by atoms with Crippen molar-refractivity contribution in [2.75, 3.05) is 31.1 Å². The van der Waals surface area contributed by atoms with Gasteiger partial charge < -0.3 is 15.1 Å². The van der Waals surface area contributed by atoms with Crippen LogP contribution in [0.2, 0.25) is 5.02 Å². The minimum absolute atomic E-state index is 0.291. The molecule has 2 aromatic rings. The lowest BCUT2D eigenvalue weighted by atomic mass is 10.0. The van der Waals surface area contributed by atoms with E-state index < -0.39 is 6.10 Å². The molecule has 0 aliphatic carbocycles. The number of halogens is 1. The number of hydrogen-bond acceptors (Lipinski definition) is 5. The minimum atomic E-state index is -0.889. The summed E-state index contributed by atoms with van der Waals surface area (Å²) in [5, 5.41) is 24.2. The van der Waals surface area contributed by atoms with E-state index >= 15 is 0 Å². The maximum absolute atomic E-state index is 9.80. The molecule has 0 spiro atoms. The van der Waals surface area contributed by atoms with Crippen molar-refractivity contribution >= 4 is 17.3 Å². The number of aromatic nitrogens is 2. The monoisotopic (exact) mass is 376 g/mol. The van der Waals surface area contributed by atoms with Gasteiger partial charge >= 0.3 is 0 Å². The van der Waals surface area contributed by atoms with Gasteiger partial charge in [0, 0.05) is 32.2 Å². The molecular weight excluding hydrogens is 352 g/mol. The highest BCUT2D eigenvalue weighted by atomic mass is 35.5. The summed E-state index contributed by atoms with van der Waals surface area (Å²) in [4.78, 5) is 4.90. The Morgan fingerprint density at radius 1 is 1.15 bits per heavy atom. The number of piperidine rings is 1. The van der Waals surface area contributed by atoms with Crippen LogP contribution < -0.4 is 4.90 Å². The smallest absolute Gasteiger partial charge is 0.121 e. The SMILES string of the molecule is OCC(O)c1cc2n(n1)CCN(C1CCN(c3ccccc3Cl)CC1)C2. The molecular formula is C19H25ClN4O2. The van der Waals surface area contributed by atoms with E-state index in [-0.39, 0.29) is 6.61 Å². The third-order valence-corrected chi connectivity index (χ3v) is 5.85. The Morgan fingerprint density at radius 2 is 1.92 bits per heavy atom. The van der Waals surface area contributed by atoms with Gasteiger partial charge in [-0.2, -0.15) is 5.10 Å². The molecule has 1 saturated heterocycles. The van der Waals surface area contributed by atoms with Crippen molar-refractivity contribution in [3.8, 4) is 0 Å². The molecule has 1 aromatic heterocycles. The van der Waals surface area contributed by atoms with Crippen molar-refractivity contribution in [1.82, 2.24) is 14.7 Å². The number of anilines is 1. The molecule has 0 saturated carbocycles. The van der Waals surface area contributed by atoms with Crippen molar-refractivity contribution in [1.29, 1.82) is 0 Å². The van der Waals surface area contributed by atoms with Gasteiger partial charge in [-0.25, -0.2) is 0 Å². The fourth-order valence-electron chi connectivity index (χ4n) is 4.06. The standard InChI is InChI=1S/C19H25ClN4O2/c20-16-3-1-2-4-18(16)22-7-5-14(6-8-22)23-9-10-24-15(12-23)11-17(21-24)19(26)13-25/h1-4,11,14,19,25-26H,5-10,12-13H2. The molecule has 1 unspecified atom stereocenters. The first-order chi connectivity index (χ1) is 12.7. The zero-order valence-electron chi connectivity index (χ0n) is 14.8. The summed E-state index contributed by atoms with van der Waals surface area (Å²) < 4.78 is 1.96. The summed E-state index contributed by atoms with van der Waals surface area (Å²) in [6, 6.07) is 10.5. The van der Waals surface area contributed by atoms with E-state index in [2.05, 4.69) is 21.0 Å².